The second-order valence-electron chi connectivity index (χ2n) is 6.85. The minimum atomic E-state index is -0.886. The van der Waals surface area contributed by atoms with Crippen molar-refractivity contribution in [3.63, 3.8) is 0 Å². The maximum Gasteiger partial charge on any atom is 0.335 e. The first kappa shape index (κ1) is 14.4. The molecule has 4 nitrogen and oxygen atoms in total. The van der Waals surface area contributed by atoms with Gasteiger partial charge in [0.1, 0.15) is 5.82 Å². The standard InChI is InChI=1S/C17H24N2O2/c1-10(2)15-7-13(17(20)21)8-16(19-15)18-9-14(11-3-4-11)12-5-6-12/h7-8,10-12,14H,3-6,9H2,1-2H3,(H,18,19)(H,20,21). The third-order valence-corrected chi connectivity index (χ3v) is 4.66. The zero-order valence-electron chi connectivity index (χ0n) is 12.8. The quantitative estimate of drug-likeness (QED) is 0.802. The number of nitrogens with one attached hydrogen (secondary N) is 1. The van der Waals surface area contributed by atoms with Gasteiger partial charge in [0.15, 0.2) is 0 Å². The van der Waals surface area contributed by atoms with E-state index in [2.05, 4.69) is 10.3 Å². The first-order chi connectivity index (χ1) is 10.0. The Balaban J connectivity index is 1.72. The van der Waals surface area contributed by atoms with E-state index >= 15 is 0 Å². The van der Waals surface area contributed by atoms with Crippen molar-refractivity contribution in [3.05, 3.63) is 23.4 Å². The number of nitrogens with zero attached hydrogens (tertiary/aromatic N) is 1. The first-order valence-electron chi connectivity index (χ1n) is 8.03. The molecular weight excluding hydrogens is 264 g/mol. The van der Waals surface area contributed by atoms with Crippen molar-refractivity contribution >= 4 is 11.8 Å². The smallest absolute Gasteiger partial charge is 0.335 e. The summed E-state index contributed by atoms with van der Waals surface area (Å²) in [6.45, 7) is 5.01. The molecule has 0 atom stereocenters. The number of aromatic carboxylic acids is 1. The van der Waals surface area contributed by atoms with E-state index in [1.165, 1.54) is 25.7 Å². The molecule has 0 aromatic carbocycles. The Morgan fingerprint density at radius 2 is 1.90 bits per heavy atom. The fourth-order valence-corrected chi connectivity index (χ4v) is 3.05. The predicted molar refractivity (Wildman–Crippen MR) is 82.7 cm³/mol. The van der Waals surface area contributed by atoms with Crippen molar-refractivity contribution < 1.29 is 9.90 Å². The van der Waals surface area contributed by atoms with Gasteiger partial charge in [-0.1, -0.05) is 13.8 Å². The molecule has 0 bridgehead atoms. The molecule has 0 amide bonds. The Labute approximate surface area is 126 Å². The van der Waals surface area contributed by atoms with Gasteiger partial charge in [-0.25, -0.2) is 9.78 Å². The van der Waals surface area contributed by atoms with Crippen LogP contribution in [0.3, 0.4) is 0 Å². The second kappa shape index (κ2) is 5.66. The number of hydrogen-bond donors (Lipinski definition) is 2. The van der Waals surface area contributed by atoms with Crippen LogP contribution in [0.25, 0.3) is 0 Å². The summed E-state index contributed by atoms with van der Waals surface area (Å²) in [6, 6.07) is 3.34. The molecule has 1 heterocycles. The molecule has 1 aromatic heterocycles. The van der Waals surface area contributed by atoms with Gasteiger partial charge >= 0.3 is 5.97 Å². The Morgan fingerprint density at radius 3 is 2.38 bits per heavy atom. The number of carboxylic acid groups (broad SMARTS) is 1. The van der Waals surface area contributed by atoms with Gasteiger partial charge in [-0.3, -0.25) is 0 Å². The summed E-state index contributed by atoms with van der Waals surface area (Å²) in [4.78, 5) is 15.8. The molecule has 2 saturated carbocycles. The number of hydrogen-bond acceptors (Lipinski definition) is 3. The van der Waals surface area contributed by atoms with Crippen molar-refractivity contribution in [2.45, 2.75) is 45.4 Å². The minimum absolute atomic E-state index is 0.229. The number of aromatic nitrogens is 1. The van der Waals surface area contributed by atoms with Gasteiger partial charge in [0.2, 0.25) is 0 Å². The summed E-state index contributed by atoms with van der Waals surface area (Å²) < 4.78 is 0. The highest BCUT2D eigenvalue weighted by molar-refractivity contribution is 5.88. The van der Waals surface area contributed by atoms with Crippen LogP contribution in [0.15, 0.2) is 12.1 Å². The van der Waals surface area contributed by atoms with Crippen LogP contribution in [0.5, 0.6) is 0 Å². The summed E-state index contributed by atoms with van der Waals surface area (Å²) in [6.07, 6.45) is 5.46. The highest BCUT2D eigenvalue weighted by Crippen LogP contribution is 2.49. The monoisotopic (exact) mass is 288 g/mol. The number of anilines is 1. The van der Waals surface area contributed by atoms with Gasteiger partial charge < -0.3 is 10.4 Å². The van der Waals surface area contributed by atoms with Gasteiger partial charge in [-0.2, -0.15) is 0 Å². The van der Waals surface area contributed by atoms with Crippen LogP contribution in [0, 0.1) is 17.8 Å². The van der Waals surface area contributed by atoms with Crippen molar-refractivity contribution in [1.29, 1.82) is 0 Å². The molecule has 2 aliphatic rings. The number of carboxylic acids is 1. The van der Waals surface area contributed by atoms with E-state index in [1.54, 1.807) is 12.1 Å². The summed E-state index contributed by atoms with van der Waals surface area (Å²) in [5, 5.41) is 12.6. The van der Waals surface area contributed by atoms with E-state index in [4.69, 9.17) is 0 Å². The normalized spacial score (nSPS) is 18.3. The lowest BCUT2D eigenvalue weighted by Crippen LogP contribution is -2.19. The zero-order chi connectivity index (χ0) is 15.0. The molecule has 21 heavy (non-hydrogen) atoms. The van der Waals surface area contributed by atoms with Gasteiger partial charge in [0.05, 0.1) is 5.56 Å². The third-order valence-electron chi connectivity index (χ3n) is 4.66. The van der Waals surface area contributed by atoms with Crippen molar-refractivity contribution in [2.75, 3.05) is 11.9 Å². The van der Waals surface area contributed by atoms with Crippen molar-refractivity contribution in [1.82, 2.24) is 4.98 Å². The Hall–Kier alpha value is -1.58. The van der Waals surface area contributed by atoms with Gasteiger partial charge in [0.25, 0.3) is 0 Å². The van der Waals surface area contributed by atoms with Gasteiger partial charge in [0, 0.05) is 12.2 Å². The first-order valence-corrected chi connectivity index (χ1v) is 8.03. The SMILES string of the molecule is CC(C)c1cc(C(=O)O)cc(NCC(C2CC2)C2CC2)n1. The predicted octanol–water partition coefficient (Wildman–Crippen LogP) is 3.75. The number of carbonyl (C=O) groups is 1. The maximum absolute atomic E-state index is 11.2. The molecule has 0 aliphatic heterocycles. The lowest BCUT2D eigenvalue weighted by Gasteiger charge is -2.17. The lowest BCUT2D eigenvalue weighted by atomic mass is 9.98. The van der Waals surface area contributed by atoms with E-state index in [0.717, 1.165) is 30.0 Å². The van der Waals surface area contributed by atoms with Crippen LogP contribution in [-0.2, 0) is 0 Å². The van der Waals surface area contributed by atoms with E-state index in [9.17, 15) is 9.90 Å². The van der Waals surface area contributed by atoms with E-state index in [-0.39, 0.29) is 5.92 Å². The zero-order valence-corrected chi connectivity index (χ0v) is 12.8. The molecule has 0 saturated heterocycles. The van der Waals surface area contributed by atoms with E-state index < -0.39 is 5.97 Å². The number of pyridine rings is 1. The Morgan fingerprint density at radius 1 is 1.29 bits per heavy atom. The van der Waals surface area contributed by atoms with Crippen LogP contribution in [0.4, 0.5) is 5.82 Å². The highest BCUT2D eigenvalue weighted by atomic mass is 16.4. The molecule has 114 valence electrons. The van der Waals surface area contributed by atoms with Crippen LogP contribution in [-0.4, -0.2) is 22.6 Å². The number of rotatable bonds is 7. The van der Waals surface area contributed by atoms with Crippen LogP contribution in [0.2, 0.25) is 0 Å². The summed E-state index contributed by atoms with van der Waals surface area (Å²) >= 11 is 0. The average Bonchev–Trinajstić information content (AvgIpc) is 3.32. The Bertz CT molecular complexity index is 522. The Kier molecular flexibility index (Phi) is 3.87. The van der Waals surface area contributed by atoms with Crippen molar-refractivity contribution in [3.8, 4) is 0 Å². The average molecular weight is 288 g/mol. The molecule has 0 unspecified atom stereocenters. The van der Waals surface area contributed by atoms with E-state index in [0.29, 0.717) is 11.4 Å². The topological polar surface area (TPSA) is 62.2 Å². The lowest BCUT2D eigenvalue weighted by molar-refractivity contribution is 0.0696. The molecule has 2 N–H and O–H groups in total. The van der Waals surface area contributed by atoms with Crippen LogP contribution in [0.1, 0.15) is 61.5 Å². The molecule has 0 radical (unpaired) electrons. The molecule has 2 fully saturated rings. The van der Waals surface area contributed by atoms with Crippen molar-refractivity contribution in [2.24, 2.45) is 17.8 Å². The fourth-order valence-electron chi connectivity index (χ4n) is 3.05. The molecule has 0 spiro atoms. The van der Waals surface area contributed by atoms with Gasteiger partial charge in [-0.05, 0) is 61.5 Å². The second-order valence-corrected chi connectivity index (χ2v) is 6.85. The summed E-state index contributed by atoms with van der Waals surface area (Å²) in [7, 11) is 0. The summed E-state index contributed by atoms with van der Waals surface area (Å²) in [5.41, 5.74) is 1.16. The van der Waals surface area contributed by atoms with Crippen LogP contribution >= 0.6 is 0 Å². The molecule has 4 heteroatoms. The molecule has 2 aliphatic carbocycles. The fraction of sp³-hybridized carbons (Fsp3) is 0.647. The maximum atomic E-state index is 11.2. The third kappa shape index (κ3) is 3.55. The van der Waals surface area contributed by atoms with E-state index in [1.807, 2.05) is 13.8 Å². The minimum Gasteiger partial charge on any atom is -0.478 e. The molecular formula is C17H24N2O2. The largest absolute Gasteiger partial charge is 0.478 e. The van der Waals surface area contributed by atoms with Crippen LogP contribution < -0.4 is 5.32 Å². The highest BCUT2D eigenvalue weighted by Gasteiger charge is 2.41. The molecule has 1 aromatic rings. The summed E-state index contributed by atoms with van der Waals surface area (Å²) in [5.74, 6) is 2.58. The molecule has 3 rings (SSSR count). The van der Waals surface area contributed by atoms with Gasteiger partial charge in [-0.15, -0.1) is 0 Å².